The fourth-order valence-electron chi connectivity index (χ4n) is 4.12. The lowest BCUT2D eigenvalue weighted by molar-refractivity contribution is -0.123. The van der Waals surface area contributed by atoms with E-state index in [1.165, 1.54) is 17.2 Å². The third-order valence-corrected chi connectivity index (χ3v) is 5.99. The lowest BCUT2D eigenvalue weighted by Crippen LogP contribution is -2.43. The lowest BCUT2D eigenvalue weighted by atomic mass is 9.98. The summed E-state index contributed by atoms with van der Waals surface area (Å²) in [6.45, 7) is 0. The van der Waals surface area contributed by atoms with Gasteiger partial charge in [0.1, 0.15) is 11.9 Å². The smallest absolute Gasteiger partial charge is 0.256 e. The van der Waals surface area contributed by atoms with Crippen LogP contribution in [-0.2, 0) is 11.2 Å². The summed E-state index contributed by atoms with van der Waals surface area (Å²) in [7, 11) is 0. The van der Waals surface area contributed by atoms with Crippen molar-refractivity contribution in [2.75, 3.05) is 0 Å². The standard InChI is InChI=1S/C23H18Cl2FN3O2/c24-14-10-17-15(19(26)11-14)7-8-20(17)29(23(31)16-5-1-2-6-18(16)25)21(22(27)30)13-4-3-9-28-12-13/h1-6,9-12,20-21H,7-8H2,(H2,27,30)/t20-,21?/m1/s1. The Balaban J connectivity index is 1.90. The molecule has 5 nitrogen and oxygen atoms in total. The van der Waals surface area contributed by atoms with Crippen molar-refractivity contribution in [3.05, 3.63) is 99.0 Å². The number of pyridine rings is 1. The van der Waals surface area contributed by atoms with Gasteiger partial charge in [0.15, 0.2) is 0 Å². The lowest BCUT2D eigenvalue weighted by Gasteiger charge is -2.36. The highest BCUT2D eigenvalue weighted by atomic mass is 35.5. The molecular weight excluding hydrogens is 440 g/mol. The summed E-state index contributed by atoms with van der Waals surface area (Å²) in [4.78, 5) is 31.8. The molecule has 0 saturated carbocycles. The zero-order valence-electron chi connectivity index (χ0n) is 16.3. The molecule has 2 atom stereocenters. The van der Waals surface area contributed by atoms with E-state index in [0.717, 1.165) is 0 Å². The molecule has 1 heterocycles. The van der Waals surface area contributed by atoms with Crippen LogP contribution in [0.5, 0.6) is 0 Å². The van der Waals surface area contributed by atoms with Gasteiger partial charge in [0.05, 0.1) is 16.6 Å². The zero-order valence-corrected chi connectivity index (χ0v) is 17.8. The number of primary amides is 1. The molecule has 2 N–H and O–H groups in total. The summed E-state index contributed by atoms with van der Waals surface area (Å²) in [6, 6.07) is 11.0. The maximum atomic E-state index is 14.5. The van der Waals surface area contributed by atoms with E-state index in [4.69, 9.17) is 28.9 Å². The Labute approximate surface area is 188 Å². The van der Waals surface area contributed by atoms with Gasteiger partial charge in [0, 0.05) is 23.0 Å². The number of carbonyl (C=O) groups excluding carboxylic acids is 2. The van der Waals surface area contributed by atoms with E-state index in [1.807, 2.05) is 0 Å². The number of carbonyl (C=O) groups is 2. The highest BCUT2D eigenvalue weighted by molar-refractivity contribution is 6.34. The van der Waals surface area contributed by atoms with Crippen molar-refractivity contribution in [2.45, 2.75) is 24.9 Å². The number of benzene rings is 2. The maximum Gasteiger partial charge on any atom is 0.256 e. The third-order valence-electron chi connectivity index (χ3n) is 5.44. The first-order valence-corrected chi connectivity index (χ1v) is 10.4. The Morgan fingerprint density at radius 2 is 1.94 bits per heavy atom. The molecule has 1 unspecified atom stereocenters. The van der Waals surface area contributed by atoms with E-state index >= 15 is 0 Å². The number of aromatic nitrogens is 1. The Kier molecular flexibility index (Phi) is 5.94. The van der Waals surface area contributed by atoms with Crippen LogP contribution in [0.3, 0.4) is 0 Å². The van der Waals surface area contributed by atoms with Gasteiger partial charge in [-0.2, -0.15) is 0 Å². The number of hydrogen-bond acceptors (Lipinski definition) is 3. The van der Waals surface area contributed by atoms with Crippen molar-refractivity contribution < 1.29 is 14.0 Å². The van der Waals surface area contributed by atoms with Crippen LogP contribution in [0.4, 0.5) is 4.39 Å². The van der Waals surface area contributed by atoms with Gasteiger partial charge in [-0.25, -0.2) is 4.39 Å². The molecule has 8 heteroatoms. The summed E-state index contributed by atoms with van der Waals surface area (Å²) in [6.07, 6.45) is 3.85. The van der Waals surface area contributed by atoms with Crippen LogP contribution in [-0.4, -0.2) is 21.7 Å². The largest absolute Gasteiger partial charge is 0.368 e. The number of amides is 2. The first-order valence-electron chi connectivity index (χ1n) is 9.62. The predicted octanol–water partition coefficient (Wildman–Crippen LogP) is 4.88. The summed E-state index contributed by atoms with van der Waals surface area (Å²) >= 11 is 12.4. The molecule has 0 saturated heterocycles. The number of halogens is 3. The molecule has 2 aromatic carbocycles. The van der Waals surface area contributed by atoms with Crippen LogP contribution >= 0.6 is 23.2 Å². The normalized spacial score (nSPS) is 15.9. The van der Waals surface area contributed by atoms with Gasteiger partial charge in [0.2, 0.25) is 5.91 Å². The zero-order chi connectivity index (χ0) is 22.1. The molecule has 0 aliphatic heterocycles. The van der Waals surface area contributed by atoms with Gasteiger partial charge in [0.25, 0.3) is 5.91 Å². The monoisotopic (exact) mass is 457 g/mol. The Hall–Kier alpha value is -2.96. The van der Waals surface area contributed by atoms with Crippen molar-refractivity contribution in [1.82, 2.24) is 9.88 Å². The van der Waals surface area contributed by atoms with Gasteiger partial charge < -0.3 is 10.6 Å². The number of hydrogen-bond donors (Lipinski definition) is 1. The molecule has 1 aromatic heterocycles. The molecule has 2 amide bonds. The number of rotatable bonds is 5. The Bertz CT molecular complexity index is 1160. The van der Waals surface area contributed by atoms with E-state index in [1.54, 1.807) is 48.7 Å². The molecule has 0 bridgehead atoms. The molecule has 0 spiro atoms. The number of nitrogens with two attached hydrogens (primary N) is 1. The number of fused-ring (bicyclic) bond motifs is 1. The Morgan fingerprint density at radius 3 is 2.61 bits per heavy atom. The summed E-state index contributed by atoms with van der Waals surface area (Å²) in [5.41, 5.74) is 7.47. The average Bonchev–Trinajstić information content (AvgIpc) is 3.16. The predicted molar refractivity (Wildman–Crippen MR) is 116 cm³/mol. The minimum Gasteiger partial charge on any atom is -0.368 e. The first-order chi connectivity index (χ1) is 14.9. The van der Waals surface area contributed by atoms with Crippen molar-refractivity contribution in [2.24, 2.45) is 5.73 Å². The average molecular weight is 458 g/mol. The molecule has 0 fully saturated rings. The van der Waals surface area contributed by atoms with Crippen molar-refractivity contribution in [3.63, 3.8) is 0 Å². The van der Waals surface area contributed by atoms with Crippen LogP contribution in [0.1, 0.15) is 45.6 Å². The molecule has 1 aliphatic carbocycles. The minimum absolute atomic E-state index is 0.213. The summed E-state index contributed by atoms with van der Waals surface area (Å²) < 4.78 is 14.5. The van der Waals surface area contributed by atoms with Crippen LogP contribution < -0.4 is 5.73 Å². The number of nitrogens with zero attached hydrogens (tertiary/aromatic N) is 2. The van der Waals surface area contributed by atoms with E-state index in [0.29, 0.717) is 29.5 Å². The fraction of sp³-hybridized carbons (Fsp3) is 0.174. The van der Waals surface area contributed by atoms with Crippen LogP contribution in [0.25, 0.3) is 0 Å². The molecule has 31 heavy (non-hydrogen) atoms. The van der Waals surface area contributed by atoms with E-state index in [2.05, 4.69) is 4.98 Å². The molecule has 3 aromatic rings. The van der Waals surface area contributed by atoms with Crippen LogP contribution in [0, 0.1) is 5.82 Å². The second-order valence-electron chi connectivity index (χ2n) is 7.29. The van der Waals surface area contributed by atoms with E-state index < -0.39 is 29.7 Å². The van der Waals surface area contributed by atoms with Crippen LogP contribution in [0.15, 0.2) is 60.9 Å². The quantitative estimate of drug-likeness (QED) is 0.592. The van der Waals surface area contributed by atoms with Crippen molar-refractivity contribution in [1.29, 1.82) is 0 Å². The third kappa shape index (κ3) is 4.01. The maximum absolute atomic E-state index is 14.5. The molecule has 0 radical (unpaired) electrons. The molecular formula is C23H18Cl2FN3O2. The van der Waals surface area contributed by atoms with Gasteiger partial charge in [-0.1, -0.05) is 41.4 Å². The Morgan fingerprint density at radius 1 is 1.16 bits per heavy atom. The SMILES string of the molecule is NC(=O)C(c1cccnc1)N(C(=O)c1ccccc1Cl)[C@@H]1CCc2c(F)cc(Cl)cc21. The molecule has 4 rings (SSSR count). The molecule has 1 aliphatic rings. The minimum atomic E-state index is -1.13. The van der Waals surface area contributed by atoms with Gasteiger partial charge in [-0.05, 0) is 54.3 Å². The highest BCUT2D eigenvalue weighted by Crippen LogP contribution is 2.43. The second-order valence-corrected chi connectivity index (χ2v) is 8.14. The van der Waals surface area contributed by atoms with Crippen molar-refractivity contribution >= 4 is 35.0 Å². The summed E-state index contributed by atoms with van der Waals surface area (Å²) in [5.74, 6) is -1.66. The van der Waals surface area contributed by atoms with Crippen molar-refractivity contribution in [3.8, 4) is 0 Å². The second kappa shape index (κ2) is 8.65. The highest BCUT2D eigenvalue weighted by Gasteiger charge is 2.40. The van der Waals surface area contributed by atoms with E-state index in [-0.39, 0.29) is 15.6 Å². The topological polar surface area (TPSA) is 76.3 Å². The van der Waals surface area contributed by atoms with E-state index in [9.17, 15) is 14.0 Å². The first kappa shape index (κ1) is 21.3. The molecule has 158 valence electrons. The fourth-order valence-corrected chi connectivity index (χ4v) is 4.55. The van der Waals surface area contributed by atoms with Gasteiger partial charge in [-0.3, -0.25) is 14.6 Å². The van der Waals surface area contributed by atoms with Gasteiger partial charge in [-0.15, -0.1) is 0 Å². The van der Waals surface area contributed by atoms with Gasteiger partial charge >= 0.3 is 0 Å². The van der Waals surface area contributed by atoms with Crippen LogP contribution in [0.2, 0.25) is 10.0 Å². The summed E-state index contributed by atoms with van der Waals surface area (Å²) in [5, 5.41) is 0.452.